The Morgan fingerprint density at radius 1 is 0.840 bits per heavy atom. The van der Waals surface area contributed by atoms with Crippen molar-refractivity contribution in [3.8, 4) is 11.8 Å². The van der Waals surface area contributed by atoms with Crippen molar-refractivity contribution in [2.45, 2.75) is 0 Å². The summed E-state index contributed by atoms with van der Waals surface area (Å²) in [6, 6.07) is 10.5. The van der Waals surface area contributed by atoms with E-state index in [0.717, 1.165) is 0 Å². The molecular weight excluding hydrogens is 324 g/mol. The Bertz CT molecular complexity index is 1290. The zero-order valence-corrected chi connectivity index (χ0v) is 12.6. The van der Waals surface area contributed by atoms with Gasteiger partial charge in [-0.05, 0) is 36.4 Å². The first-order chi connectivity index (χ1) is 12.1. The zero-order valence-electron chi connectivity index (χ0n) is 12.6. The predicted molar refractivity (Wildman–Crippen MR) is 91.5 cm³/mol. The van der Waals surface area contributed by atoms with Crippen LogP contribution in [0.3, 0.4) is 0 Å². The minimum atomic E-state index is -0.443. The van der Waals surface area contributed by atoms with Gasteiger partial charge >= 0.3 is 0 Å². The monoisotopic (exact) mass is 333 g/mol. The fraction of sp³-hybridized carbons (Fsp3) is 0. The highest BCUT2D eigenvalue weighted by atomic mass is 19.1. The number of nitriles is 1. The van der Waals surface area contributed by atoms with Crippen molar-refractivity contribution in [1.82, 2.24) is 9.97 Å². The molecule has 0 atom stereocenters. The number of hydrogen-bond acceptors (Lipinski definition) is 2. The quantitative estimate of drug-likeness (QED) is 0.380. The van der Waals surface area contributed by atoms with Crippen molar-refractivity contribution >= 4 is 43.6 Å². The molecule has 5 aromatic rings. The van der Waals surface area contributed by atoms with Gasteiger partial charge in [0, 0.05) is 32.6 Å². The standard InChI is InChI=1S/C19H9F2N3O/c20-8-1-3-13-10(5-8)15-12(7-22)16-11-6-9(21)2-4-14(11)24-18(16)19(25)17(15)23-13/h1-6,23-25H. The molecule has 25 heavy (non-hydrogen) atoms. The summed E-state index contributed by atoms with van der Waals surface area (Å²) in [6.07, 6.45) is 0. The van der Waals surface area contributed by atoms with Gasteiger partial charge in [-0.1, -0.05) is 0 Å². The molecule has 0 amide bonds. The van der Waals surface area contributed by atoms with E-state index in [4.69, 9.17) is 0 Å². The molecule has 2 heterocycles. The van der Waals surface area contributed by atoms with Gasteiger partial charge in [0.15, 0.2) is 5.75 Å². The smallest absolute Gasteiger partial charge is 0.164 e. The Morgan fingerprint density at radius 2 is 1.32 bits per heavy atom. The lowest BCUT2D eigenvalue weighted by molar-refractivity contribution is 0.485. The summed E-state index contributed by atoms with van der Waals surface area (Å²) in [6.45, 7) is 0. The molecule has 6 heteroatoms. The van der Waals surface area contributed by atoms with E-state index in [0.29, 0.717) is 43.6 Å². The zero-order chi connectivity index (χ0) is 17.3. The lowest BCUT2D eigenvalue weighted by Crippen LogP contribution is -1.83. The molecular formula is C19H9F2N3O. The third-order valence-electron chi connectivity index (χ3n) is 4.61. The van der Waals surface area contributed by atoms with Gasteiger partial charge in [0.1, 0.15) is 17.7 Å². The molecule has 0 saturated carbocycles. The Hall–Kier alpha value is -3.59. The number of phenols is 1. The van der Waals surface area contributed by atoms with Crippen LogP contribution in [0.15, 0.2) is 36.4 Å². The van der Waals surface area contributed by atoms with E-state index >= 15 is 0 Å². The van der Waals surface area contributed by atoms with Crippen molar-refractivity contribution < 1.29 is 13.9 Å². The second-order valence-electron chi connectivity index (χ2n) is 5.97. The van der Waals surface area contributed by atoms with Crippen LogP contribution in [0.2, 0.25) is 0 Å². The minimum Gasteiger partial charge on any atom is -0.504 e. The summed E-state index contributed by atoms with van der Waals surface area (Å²) in [5.74, 6) is -0.971. The van der Waals surface area contributed by atoms with Crippen LogP contribution in [0.1, 0.15) is 5.56 Å². The van der Waals surface area contributed by atoms with Crippen LogP contribution in [0.4, 0.5) is 8.78 Å². The Labute approximate surface area is 138 Å². The van der Waals surface area contributed by atoms with E-state index in [1.54, 1.807) is 12.1 Å². The summed E-state index contributed by atoms with van der Waals surface area (Å²) in [5, 5.41) is 22.3. The van der Waals surface area contributed by atoms with Crippen LogP contribution in [0, 0.1) is 23.0 Å². The largest absolute Gasteiger partial charge is 0.504 e. The number of aromatic hydroxyl groups is 1. The molecule has 0 spiro atoms. The number of hydrogen-bond donors (Lipinski definition) is 3. The SMILES string of the molecule is N#Cc1c2c([nH]c3ccc(F)cc32)c(O)c2[nH]c3ccc(F)cc3c12. The van der Waals surface area contributed by atoms with E-state index in [2.05, 4.69) is 16.0 Å². The first-order valence-electron chi connectivity index (χ1n) is 7.55. The third-order valence-corrected chi connectivity index (χ3v) is 4.61. The fourth-order valence-corrected chi connectivity index (χ4v) is 3.56. The number of phenolic OH excluding ortho intramolecular Hbond substituents is 1. The number of fused-ring (bicyclic) bond motifs is 6. The predicted octanol–water partition coefficient (Wildman–Crippen LogP) is 4.81. The number of nitrogens with one attached hydrogen (secondary N) is 2. The van der Waals surface area contributed by atoms with Crippen molar-refractivity contribution in [1.29, 1.82) is 5.26 Å². The fourth-order valence-electron chi connectivity index (χ4n) is 3.56. The van der Waals surface area contributed by atoms with Gasteiger partial charge in [-0.15, -0.1) is 0 Å². The van der Waals surface area contributed by atoms with Gasteiger partial charge in [0.25, 0.3) is 0 Å². The number of halogens is 2. The Balaban J connectivity index is 2.15. The second-order valence-corrected chi connectivity index (χ2v) is 5.97. The van der Waals surface area contributed by atoms with E-state index in [9.17, 15) is 19.1 Å². The molecule has 0 bridgehead atoms. The lowest BCUT2D eigenvalue weighted by atomic mass is 10.00. The number of rotatable bonds is 0. The van der Waals surface area contributed by atoms with Gasteiger partial charge in [-0.3, -0.25) is 0 Å². The molecule has 120 valence electrons. The van der Waals surface area contributed by atoms with Crippen LogP contribution in [-0.4, -0.2) is 15.1 Å². The van der Waals surface area contributed by atoms with Gasteiger partial charge in [0.2, 0.25) is 0 Å². The molecule has 0 aliphatic heterocycles. The molecule has 4 nitrogen and oxygen atoms in total. The summed E-state index contributed by atoms with van der Waals surface area (Å²) < 4.78 is 27.4. The van der Waals surface area contributed by atoms with E-state index in [-0.39, 0.29) is 11.3 Å². The molecule has 0 aliphatic rings. The molecule has 2 aromatic heterocycles. The molecule has 0 aliphatic carbocycles. The number of aromatic nitrogens is 2. The van der Waals surface area contributed by atoms with E-state index in [1.165, 1.54) is 24.3 Å². The molecule has 0 radical (unpaired) electrons. The lowest BCUT2D eigenvalue weighted by Gasteiger charge is -2.02. The summed E-state index contributed by atoms with van der Waals surface area (Å²) in [4.78, 5) is 6.07. The van der Waals surface area contributed by atoms with Crippen LogP contribution >= 0.6 is 0 Å². The minimum absolute atomic E-state index is 0.0859. The van der Waals surface area contributed by atoms with Crippen LogP contribution in [0.25, 0.3) is 43.6 Å². The topological polar surface area (TPSA) is 75.6 Å². The van der Waals surface area contributed by atoms with Crippen molar-refractivity contribution in [3.05, 3.63) is 53.6 Å². The molecule has 0 saturated heterocycles. The maximum absolute atomic E-state index is 13.7. The summed E-state index contributed by atoms with van der Waals surface area (Å²) >= 11 is 0. The second kappa shape index (κ2) is 4.48. The van der Waals surface area contributed by atoms with Gasteiger partial charge < -0.3 is 15.1 Å². The van der Waals surface area contributed by atoms with Gasteiger partial charge in [-0.2, -0.15) is 5.26 Å². The van der Waals surface area contributed by atoms with E-state index in [1.807, 2.05) is 0 Å². The van der Waals surface area contributed by atoms with Gasteiger partial charge in [0.05, 0.1) is 16.6 Å². The molecule has 0 fully saturated rings. The maximum Gasteiger partial charge on any atom is 0.164 e. The average molecular weight is 333 g/mol. The summed E-state index contributed by atoms with van der Waals surface area (Å²) in [7, 11) is 0. The number of benzene rings is 3. The van der Waals surface area contributed by atoms with Crippen LogP contribution in [0.5, 0.6) is 5.75 Å². The number of nitrogens with zero attached hydrogens (tertiary/aromatic N) is 1. The molecule has 5 rings (SSSR count). The number of aromatic amines is 2. The average Bonchev–Trinajstić information content (AvgIpc) is 3.15. The summed E-state index contributed by atoms with van der Waals surface area (Å²) in [5.41, 5.74) is 2.16. The normalized spacial score (nSPS) is 11.7. The highest BCUT2D eigenvalue weighted by Gasteiger charge is 2.21. The Morgan fingerprint density at radius 3 is 1.76 bits per heavy atom. The Kier molecular flexibility index (Phi) is 2.48. The molecule has 3 N–H and O–H groups in total. The van der Waals surface area contributed by atoms with E-state index < -0.39 is 11.6 Å². The van der Waals surface area contributed by atoms with Crippen LogP contribution < -0.4 is 0 Å². The first kappa shape index (κ1) is 13.8. The number of H-pyrrole nitrogens is 2. The molecule has 0 unspecified atom stereocenters. The van der Waals surface area contributed by atoms with Crippen molar-refractivity contribution in [3.63, 3.8) is 0 Å². The highest BCUT2D eigenvalue weighted by Crippen LogP contribution is 2.43. The maximum atomic E-state index is 13.7. The third kappa shape index (κ3) is 1.67. The van der Waals surface area contributed by atoms with Crippen molar-refractivity contribution in [2.75, 3.05) is 0 Å². The van der Waals surface area contributed by atoms with Gasteiger partial charge in [-0.25, -0.2) is 8.78 Å². The van der Waals surface area contributed by atoms with Crippen LogP contribution in [-0.2, 0) is 0 Å². The van der Waals surface area contributed by atoms with Crippen molar-refractivity contribution in [2.24, 2.45) is 0 Å². The molecule has 3 aromatic carbocycles. The highest BCUT2D eigenvalue weighted by molar-refractivity contribution is 6.24. The first-order valence-corrected chi connectivity index (χ1v) is 7.55.